The molecule has 5 nitrogen and oxygen atoms in total. The van der Waals surface area contributed by atoms with E-state index in [2.05, 4.69) is 5.10 Å². The highest BCUT2D eigenvalue weighted by molar-refractivity contribution is 5.80. The van der Waals surface area contributed by atoms with Crippen molar-refractivity contribution in [3.63, 3.8) is 0 Å². The Kier molecular flexibility index (Phi) is 4.19. The van der Waals surface area contributed by atoms with Crippen molar-refractivity contribution in [2.75, 3.05) is 0 Å². The number of aromatic nitrogens is 2. The quantitative estimate of drug-likeness (QED) is 0.865. The molecule has 0 saturated carbocycles. The molecule has 1 atom stereocenters. The number of esters is 1. The van der Waals surface area contributed by atoms with Gasteiger partial charge >= 0.3 is 12.1 Å². The predicted octanol–water partition coefficient (Wildman–Crippen LogP) is 1.96. The molecule has 0 aromatic carbocycles. The van der Waals surface area contributed by atoms with Crippen LogP contribution in [0.3, 0.4) is 0 Å². The Balaban J connectivity index is 2.81. The Bertz CT molecular complexity index is 487. The number of hydrogen-bond acceptors (Lipinski definition) is 4. The Morgan fingerprint density at radius 2 is 1.90 bits per heavy atom. The van der Waals surface area contributed by atoms with Gasteiger partial charge in [0.2, 0.25) is 0 Å². The van der Waals surface area contributed by atoms with Gasteiger partial charge in [-0.15, -0.1) is 0 Å². The van der Waals surface area contributed by atoms with Crippen LogP contribution >= 0.6 is 0 Å². The summed E-state index contributed by atoms with van der Waals surface area (Å²) in [5.74, 6) is -0.700. The largest absolute Gasteiger partial charge is 0.459 e. The summed E-state index contributed by atoms with van der Waals surface area (Å²) in [7, 11) is 0. The summed E-state index contributed by atoms with van der Waals surface area (Å²) in [5, 5.41) is 3.35. The fourth-order valence-corrected chi connectivity index (χ4v) is 1.40. The molecule has 1 unspecified atom stereocenters. The van der Waals surface area contributed by atoms with Gasteiger partial charge in [0.15, 0.2) is 5.69 Å². The summed E-state index contributed by atoms with van der Waals surface area (Å²) in [6.07, 6.45) is -3.40. The minimum Gasteiger partial charge on any atom is -0.459 e. The molecule has 114 valence electrons. The van der Waals surface area contributed by atoms with E-state index in [9.17, 15) is 18.0 Å². The molecule has 0 saturated heterocycles. The van der Waals surface area contributed by atoms with Crippen LogP contribution in [-0.2, 0) is 22.3 Å². The van der Waals surface area contributed by atoms with Crippen LogP contribution in [0.4, 0.5) is 13.2 Å². The lowest BCUT2D eigenvalue weighted by molar-refractivity contribution is -0.161. The van der Waals surface area contributed by atoms with Gasteiger partial charge in [0.25, 0.3) is 0 Å². The zero-order valence-corrected chi connectivity index (χ0v) is 11.8. The maximum Gasteiger partial charge on any atom is 0.435 e. The van der Waals surface area contributed by atoms with Crippen LogP contribution in [0.15, 0.2) is 12.3 Å². The van der Waals surface area contributed by atoms with Crippen molar-refractivity contribution in [1.29, 1.82) is 0 Å². The first-order chi connectivity index (χ1) is 8.81. The van der Waals surface area contributed by atoms with E-state index in [0.717, 1.165) is 16.9 Å². The lowest BCUT2D eigenvalue weighted by Crippen LogP contribution is -2.51. The highest BCUT2D eigenvalue weighted by Crippen LogP contribution is 2.27. The summed E-state index contributed by atoms with van der Waals surface area (Å²) in [5.41, 5.74) is 2.58. The summed E-state index contributed by atoms with van der Waals surface area (Å²) < 4.78 is 43.3. The average Bonchev–Trinajstić information content (AvgIpc) is 2.61. The first-order valence-electron chi connectivity index (χ1n) is 5.94. The number of alkyl halides is 3. The first kappa shape index (κ1) is 16.5. The summed E-state index contributed by atoms with van der Waals surface area (Å²) in [4.78, 5) is 11.9. The van der Waals surface area contributed by atoms with Crippen LogP contribution in [0, 0.1) is 0 Å². The standard InChI is InChI=1S/C12H18F3N3O2/c1-10(2,3)20-9(19)11(4,16)7-18-6-5-8(17-18)12(13,14)15/h5-6H,7,16H2,1-4H3. The van der Waals surface area contributed by atoms with E-state index in [1.807, 2.05) is 0 Å². The van der Waals surface area contributed by atoms with Crippen molar-refractivity contribution >= 4 is 5.97 Å². The summed E-state index contributed by atoms with van der Waals surface area (Å²) >= 11 is 0. The number of halogens is 3. The molecule has 0 bridgehead atoms. The number of carbonyl (C=O) groups excluding carboxylic acids is 1. The van der Waals surface area contributed by atoms with Gasteiger partial charge < -0.3 is 10.5 Å². The Morgan fingerprint density at radius 1 is 1.35 bits per heavy atom. The van der Waals surface area contributed by atoms with Gasteiger partial charge in [-0.2, -0.15) is 18.3 Å². The predicted molar refractivity (Wildman–Crippen MR) is 65.7 cm³/mol. The van der Waals surface area contributed by atoms with Crippen LogP contribution in [0.1, 0.15) is 33.4 Å². The second kappa shape index (κ2) is 5.08. The maximum atomic E-state index is 12.4. The second-order valence-electron chi connectivity index (χ2n) is 5.82. The summed E-state index contributed by atoms with van der Waals surface area (Å²) in [6, 6.07) is 0.825. The minimum absolute atomic E-state index is 0.210. The number of carbonyl (C=O) groups is 1. The van der Waals surface area contributed by atoms with Crippen LogP contribution in [0.5, 0.6) is 0 Å². The van der Waals surface area contributed by atoms with Crippen molar-refractivity contribution in [1.82, 2.24) is 9.78 Å². The molecule has 1 aromatic rings. The monoisotopic (exact) mass is 293 g/mol. The van der Waals surface area contributed by atoms with Gasteiger partial charge in [-0.05, 0) is 33.8 Å². The molecule has 0 aliphatic heterocycles. The number of ether oxygens (including phenoxy) is 1. The van der Waals surface area contributed by atoms with E-state index in [1.165, 1.54) is 6.92 Å². The van der Waals surface area contributed by atoms with Gasteiger partial charge in [0.1, 0.15) is 11.1 Å². The fraction of sp³-hybridized carbons (Fsp3) is 0.667. The van der Waals surface area contributed by atoms with Crippen LogP contribution in [0.2, 0.25) is 0 Å². The zero-order chi connectivity index (χ0) is 15.8. The van der Waals surface area contributed by atoms with Gasteiger partial charge in [0, 0.05) is 6.20 Å². The van der Waals surface area contributed by atoms with Gasteiger partial charge in [0.05, 0.1) is 6.54 Å². The Morgan fingerprint density at radius 3 is 2.30 bits per heavy atom. The Labute approximate surface area is 114 Å². The smallest absolute Gasteiger partial charge is 0.435 e. The topological polar surface area (TPSA) is 70.1 Å². The van der Waals surface area contributed by atoms with Gasteiger partial charge in [-0.3, -0.25) is 4.68 Å². The third-order valence-electron chi connectivity index (χ3n) is 2.29. The van der Waals surface area contributed by atoms with E-state index >= 15 is 0 Å². The third-order valence-corrected chi connectivity index (χ3v) is 2.29. The van der Waals surface area contributed by atoms with Crippen molar-refractivity contribution in [2.45, 2.75) is 51.6 Å². The van der Waals surface area contributed by atoms with E-state index in [0.29, 0.717) is 0 Å². The molecule has 0 spiro atoms. The fourth-order valence-electron chi connectivity index (χ4n) is 1.40. The SMILES string of the molecule is CC(C)(C)OC(=O)C(C)(N)Cn1ccc(C(F)(F)F)n1. The molecular weight excluding hydrogens is 275 g/mol. The van der Waals surface area contributed by atoms with Crippen molar-refractivity contribution in [2.24, 2.45) is 5.73 Å². The molecule has 0 aliphatic carbocycles. The van der Waals surface area contributed by atoms with Crippen molar-refractivity contribution in [3.8, 4) is 0 Å². The van der Waals surface area contributed by atoms with Crippen LogP contribution in [0.25, 0.3) is 0 Å². The van der Waals surface area contributed by atoms with E-state index in [-0.39, 0.29) is 6.54 Å². The molecule has 0 amide bonds. The van der Waals surface area contributed by atoms with Gasteiger partial charge in [-0.1, -0.05) is 0 Å². The normalized spacial score (nSPS) is 15.8. The number of nitrogens with two attached hydrogens (primary N) is 1. The maximum absolute atomic E-state index is 12.4. The molecule has 0 radical (unpaired) electrons. The molecular formula is C12H18F3N3O2. The third kappa shape index (κ3) is 4.52. The molecule has 1 aromatic heterocycles. The van der Waals surface area contributed by atoms with E-state index < -0.39 is 29.0 Å². The molecule has 20 heavy (non-hydrogen) atoms. The Hall–Kier alpha value is -1.57. The second-order valence-corrected chi connectivity index (χ2v) is 5.82. The van der Waals surface area contributed by atoms with Crippen LogP contribution in [-0.4, -0.2) is 26.9 Å². The van der Waals surface area contributed by atoms with Gasteiger partial charge in [-0.25, -0.2) is 4.79 Å². The van der Waals surface area contributed by atoms with Crippen molar-refractivity contribution in [3.05, 3.63) is 18.0 Å². The molecule has 0 aliphatic rings. The number of rotatable bonds is 3. The first-order valence-corrected chi connectivity index (χ1v) is 5.94. The minimum atomic E-state index is -4.53. The lowest BCUT2D eigenvalue weighted by Gasteiger charge is -2.28. The van der Waals surface area contributed by atoms with Crippen molar-refractivity contribution < 1.29 is 22.7 Å². The highest BCUT2D eigenvalue weighted by Gasteiger charge is 2.36. The van der Waals surface area contributed by atoms with E-state index in [4.69, 9.17) is 10.5 Å². The molecule has 1 rings (SSSR count). The number of nitrogens with zero attached hydrogens (tertiary/aromatic N) is 2. The average molecular weight is 293 g/mol. The lowest BCUT2D eigenvalue weighted by atomic mass is 10.0. The van der Waals surface area contributed by atoms with E-state index in [1.54, 1.807) is 20.8 Å². The molecule has 1 heterocycles. The molecule has 2 N–H and O–H groups in total. The summed E-state index contributed by atoms with van der Waals surface area (Å²) in [6.45, 7) is 6.21. The zero-order valence-electron chi connectivity index (χ0n) is 11.8. The molecule has 0 fully saturated rings. The molecule has 8 heteroatoms. The highest BCUT2D eigenvalue weighted by atomic mass is 19.4. The number of hydrogen-bond donors (Lipinski definition) is 1. The van der Waals surface area contributed by atoms with Crippen LogP contribution < -0.4 is 5.73 Å².